The molecule has 0 radical (unpaired) electrons. The Balaban J connectivity index is 1.71. The van der Waals surface area contributed by atoms with Gasteiger partial charge in [0.2, 0.25) is 5.92 Å². The van der Waals surface area contributed by atoms with Gasteiger partial charge in [-0.05, 0) is 37.1 Å². The van der Waals surface area contributed by atoms with Gasteiger partial charge < -0.3 is 15.1 Å². The van der Waals surface area contributed by atoms with Gasteiger partial charge in [-0.15, -0.1) is 0 Å². The van der Waals surface area contributed by atoms with Crippen molar-refractivity contribution in [1.29, 1.82) is 4.78 Å². The summed E-state index contributed by atoms with van der Waals surface area (Å²) in [5.74, 6) is -6.02. The minimum absolute atomic E-state index is 0.00687. The van der Waals surface area contributed by atoms with E-state index in [1.165, 1.54) is 29.5 Å². The first-order valence-electron chi connectivity index (χ1n) is 11.2. The summed E-state index contributed by atoms with van der Waals surface area (Å²) < 4.78 is 74.9. The predicted molar refractivity (Wildman–Crippen MR) is 127 cm³/mol. The molecule has 1 amide bonds. The van der Waals surface area contributed by atoms with E-state index in [0.29, 0.717) is 16.9 Å². The van der Waals surface area contributed by atoms with Gasteiger partial charge in [-0.25, -0.2) is 31.5 Å². The number of alkyl halides is 4. The van der Waals surface area contributed by atoms with E-state index in [1.54, 1.807) is 24.0 Å². The number of amides is 1. The largest absolute Gasteiger partial charge is 0.358 e. The highest BCUT2D eigenvalue weighted by Gasteiger charge is 2.45. The van der Waals surface area contributed by atoms with Crippen LogP contribution < -0.4 is 15.1 Å². The molecule has 0 bridgehead atoms. The molecule has 1 aromatic carbocycles. The lowest BCUT2D eigenvalue weighted by atomic mass is 10.0. The predicted octanol–water partition coefficient (Wildman–Crippen LogP) is 4.76. The van der Waals surface area contributed by atoms with Crippen molar-refractivity contribution in [2.75, 3.05) is 47.6 Å². The SMILES string of the molecule is Cc1c(N2CC(F)(F)C2)cnc(N2CCCC(F)(F)CC2)c1C(=O)Nc1cccc(S(C)(=N)=O)c1. The summed E-state index contributed by atoms with van der Waals surface area (Å²) in [5.41, 5.74) is 1.19. The third-order valence-corrected chi connectivity index (χ3v) is 7.42. The number of carbonyl (C=O) groups is 1. The first-order valence-corrected chi connectivity index (χ1v) is 13.1. The molecular formula is C23H27F4N5O2S. The highest BCUT2D eigenvalue weighted by Crippen LogP contribution is 2.38. The summed E-state index contributed by atoms with van der Waals surface area (Å²) in [6.07, 6.45) is 2.24. The minimum Gasteiger partial charge on any atom is -0.358 e. The Labute approximate surface area is 201 Å². The highest BCUT2D eigenvalue weighted by molar-refractivity contribution is 7.91. The maximum absolute atomic E-state index is 14.0. The van der Waals surface area contributed by atoms with Crippen LogP contribution in [0.4, 0.5) is 34.8 Å². The number of halogens is 4. The molecule has 1 atom stereocenters. The zero-order chi connectivity index (χ0) is 25.6. The topological polar surface area (TPSA) is 89.4 Å². The molecule has 2 aliphatic rings. The number of pyridine rings is 1. The van der Waals surface area contributed by atoms with E-state index in [4.69, 9.17) is 4.78 Å². The van der Waals surface area contributed by atoms with Crippen LogP contribution in [0, 0.1) is 11.7 Å². The lowest BCUT2D eigenvalue weighted by Gasteiger charge is -2.41. The van der Waals surface area contributed by atoms with Gasteiger partial charge in [-0.3, -0.25) is 4.79 Å². The molecule has 4 rings (SSSR count). The summed E-state index contributed by atoms with van der Waals surface area (Å²) in [4.78, 5) is 21.1. The molecule has 2 N–H and O–H groups in total. The molecule has 2 saturated heterocycles. The van der Waals surface area contributed by atoms with E-state index in [9.17, 15) is 26.6 Å². The number of benzene rings is 1. The van der Waals surface area contributed by atoms with Crippen LogP contribution >= 0.6 is 0 Å². The second kappa shape index (κ2) is 8.96. The molecule has 0 saturated carbocycles. The molecule has 2 aromatic rings. The van der Waals surface area contributed by atoms with Gasteiger partial charge in [0, 0.05) is 42.8 Å². The standard InChI is InChI=1S/C23H27F4N5O2S/c1-15-18(32-13-23(26,27)14-32)12-29-20(31-9-4-7-22(24,25)8-10-31)19(15)21(33)30-16-5-3-6-17(11-16)35(2,28)34/h3,5-6,11-12,28H,4,7-10,13-14H2,1-2H3,(H,30,33). The van der Waals surface area contributed by atoms with E-state index in [2.05, 4.69) is 10.3 Å². The first kappa shape index (κ1) is 25.2. The number of nitrogens with one attached hydrogen (secondary N) is 2. The quantitative estimate of drug-likeness (QED) is 0.563. The monoisotopic (exact) mass is 513 g/mol. The lowest BCUT2D eigenvalue weighted by Crippen LogP contribution is -2.56. The summed E-state index contributed by atoms with van der Waals surface area (Å²) in [7, 11) is -3.02. The van der Waals surface area contributed by atoms with Crippen molar-refractivity contribution >= 4 is 32.8 Å². The zero-order valence-corrected chi connectivity index (χ0v) is 20.2. The molecule has 2 fully saturated rings. The fourth-order valence-electron chi connectivity index (χ4n) is 4.38. The minimum atomic E-state index is -3.02. The van der Waals surface area contributed by atoms with E-state index in [-0.39, 0.29) is 48.6 Å². The maximum atomic E-state index is 14.0. The molecule has 3 heterocycles. The number of hydrogen-bond acceptors (Lipinski definition) is 6. The van der Waals surface area contributed by atoms with Crippen LogP contribution in [0.25, 0.3) is 0 Å². The fraction of sp³-hybridized carbons (Fsp3) is 0.478. The molecule has 190 valence electrons. The van der Waals surface area contributed by atoms with Crippen LogP contribution in [0.2, 0.25) is 0 Å². The normalized spacial score (nSPS) is 21.0. The molecule has 12 heteroatoms. The Bertz CT molecular complexity index is 1240. The first-order chi connectivity index (χ1) is 16.3. The molecule has 1 aromatic heterocycles. The molecule has 0 spiro atoms. The number of anilines is 3. The van der Waals surface area contributed by atoms with Crippen molar-refractivity contribution in [2.24, 2.45) is 0 Å². The summed E-state index contributed by atoms with van der Waals surface area (Å²) in [5, 5.41) is 2.71. The Morgan fingerprint density at radius 2 is 1.83 bits per heavy atom. The molecule has 0 aliphatic carbocycles. The van der Waals surface area contributed by atoms with E-state index < -0.39 is 40.6 Å². The summed E-state index contributed by atoms with van der Waals surface area (Å²) >= 11 is 0. The van der Waals surface area contributed by atoms with Gasteiger partial charge in [0.1, 0.15) is 5.82 Å². The Kier molecular flexibility index (Phi) is 6.45. The molecule has 7 nitrogen and oxygen atoms in total. The van der Waals surface area contributed by atoms with Gasteiger partial charge in [0.25, 0.3) is 11.8 Å². The Morgan fingerprint density at radius 1 is 1.11 bits per heavy atom. The average Bonchev–Trinajstić information content (AvgIpc) is 2.91. The van der Waals surface area contributed by atoms with Crippen molar-refractivity contribution in [3.63, 3.8) is 0 Å². The lowest BCUT2D eigenvalue weighted by molar-refractivity contribution is -0.0263. The molecule has 35 heavy (non-hydrogen) atoms. The van der Waals surface area contributed by atoms with E-state index in [0.717, 1.165) is 0 Å². The maximum Gasteiger partial charge on any atom is 0.282 e. The number of nitrogens with zero attached hydrogens (tertiary/aromatic N) is 3. The molecular weight excluding hydrogens is 486 g/mol. The Morgan fingerprint density at radius 3 is 2.49 bits per heavy atom. The smallest absolute Gasteiger partial charge is 0.282 e. The zero-order valence-electron chi connectivity index (χ0n) is 19.4. The second-order valence-corrected chi connectivity index (χ2v) is 11.4. The average molecular weight is 514 g/mol. The van der Waals surface area contributed by atoms with Crippen LogP contribution in [-0.4, -0.2) is 59.4 Å². The summed E-state index contributed by atoms with van der Waals surface area (Å²) in [6, 6.07) is 6.08. The van der Waals surface area contributed by atoms with Crippen molar-refractivity contribution in [1.82, 2.24) is 4.98 Å². The van der Waals surface area contributed by atoms with Crippen molar-refractivity contribution in [3.05, 3.63) is 41.6 Å². The van der Waals surface area contributed by atoms with Crippen molar-refractivity contribution in [2.45, 2.75) is 42.9 Å². The number of hydrogen-bond donors (Lipinski definition) is 2. The number of carbonyl (C=O) groups excluding carboxylic acids is 1. The van der Waals surface area contributed by atoms with E-state index >= 15 is 0 Å². The third kappa shape index (κ3) is 5.52. The third-order valence-electron chi connectivity index (χ3n) is 6.26. The number of aromatic nitrogens is 1. The van der Waals surface area contributed by atoms with Gasteiger partial charge in [0.15, 0.2) is 0 Å². The van der Waals surface area contributed by atoms with E-state index in [1.807, 2.05) is 0 Å². The summed E-state index contributed by atoms with van der Waals surface area (Å²) in [6.45, 7) is 0.894. The van der Waals surface area contributed by atoms with Crippen LogP contribution in [0.5, 0.6) is 0 Å². The van der Waals surface area contributed by atoms with Gasteiger partial charge in [-0.2, -0.15) is 0 Å². The fourth-order valence-corrected chi connectivity index (χ4v) is 5.07. The van der Waals surface area contributed by atoms with Gasteiger partial charge in [0.05, 0.1) is 40.3 Å². The van der Waals surface area contributed by atoms with Crippen LogP contribution in [0.15, 0.2) is 35.4 Å². The number of rotatable bonds is 5. The van der Waals surface area contributed by atoms with Crippen LogP contribution in [0.1, 0.15) is 35.2 Å². The van der Waals surface area contributed by atoms with Crippen LogP contribution in [-0.2, 0) is 9.73 Å². The second-order valence-electron chi connectivity index (χ2n) is 9.20. The van der Waals surface area contributed by atoms with Crippen molar-refractivity contribution in [3.8, 4) is 0 Å². The van der Waals surface area contributed by atoms with Gasteiger partial charge >= 0.3 is 0 Å². The van der Waals surface area contributed by atoms with Crippen molar-refractivity contribution < 1.29 is 26.6 Å². The molecule has 1 unspecified atom stereocenters. The Hall–Kier alpha value is -2.89. The van der Waals surface area contributed by atoms with Gasteiger partial charge in [-0.1, -0.05) is 6.07 Å². The highest BCUT2D eigenvalue weighted by atomic mass is 32.2. The van der Waals surface area contributed by atoms with Crippen LogP contribution in [0.3, 0.4) is 0 Å². The molecule has 2 aliphatic heterocycles.